The lowest BCUT2D eigenvalue weighted by Crippen LogP contribution is -2.32. The van der Waals surface area contributed by atoms with Crippen molar-refractivity contribution in [2.45, 2.75) is 6.54 Å². The molecule has 2 aromatic heterocycles. The van der Waals surface area contributed by atoms with E-state index < -0.39 is 0 Å². The molecule has 24 heavy (non-hydrogen) atoms. The molecule has 122 valence electrons. The van der Waals surface area contributed by atoms with Crippen molar-refractivity contribution in [1.29, 1.82) is 0 Å². The average Bonchev–Trinajstić information content (AvgIpc) is 3.26. The van der Waals surface area contributed by atoms with Crippen molar-refractivity contribution in [3.8, 4) is 0 Å². The minimum atomic E-state index is -0.316. The molecule has 2 N–H and O–H groups in total. The summed E-state index contributed by atoms with van der Waals surface area (Å²) in [7, 11) is 0. The van der Waals surface area contributed by atoms with E-state index in [1.807, 2.05) is 35.7 Å². The molecule has 0 radical (unpaired) electrons. The number of aromatic nitrogens is 2. The molecule has 2 amide bonds. The van der Waals surface area contributed by atoms with Gasteiger partial charge in [0, 0.05) is 23.2 Å². The van der Waals surface area contributed by atoms with Crippen LogP contribution in [0.15, 0.2) is 59.4 Å². The van der Waals surface area contributed by atoms with E-state index in [9.17, 15) is 9.59 Å². The van der Waals surface area contributed by atoms with Gasteiger partial charge in [-0.25, -0.2) is 0 Å². The minimum Gasteiger partial charge on any atom is -0.343 e. The summed E-state index contributed by atoms with van der Waals surface area (Å²) in [4.78, 5) is 23.6. The average molecular weight is 340 g/mol. The number of thiophene rings is 1. The van der Waals surface area contributed by atoms with Crippen molar-refractivity contribution in [2.75, 3.05) is 11.9 Å². The molecule has 1 aromatic carbocycles. The molecule has 0 bridgehead atoms. The van der Waals surface area contributed by atoms with Gasteiger partial charge >= 0.3 is 0 Å². The fourth-order valence-corrected chi connectivity index (χ4v) is 2.77. The Morgan fingerprint density at radius 3 is 2.71 bits per heavy atom. The maximum Gasteiger partial charge on any atom is 0.252 e. The van der Waals surface area contributed by atoms with Crippen LogP contribution in [-0.4, -0.2) is 28.1 Å². The molecule has 2 heterocycles. The van der Waals surface area contributed by atoms with E-state index in [0.717, 1.165) is 5.56 Å². The van der Waals surface area contributed by atoms with Gasteiger partial charge in [-0.2, -0.15) is 16.4 Å². The Morgan fingerprint density at radius 2 is 1.96 bits per heavy atom. The molecule has 0 aliphatic carbocycles. The lowest BCUT2D eigenvalue weighted by Gasteiger charge is -2.04. The van der Waals surface area contributed by atoms with Gasteiger partial charge < -0.3 is 10.6 Å². The second-order valence-corrected chi connectivity index (χ2v) is 5.91. The number of nitrogens with one attached hydrogen (secondary N) is 2. The Bertz CT molecular complexity index is 812. The molecule has 7 heteroatoms. The van der Waals surface area contributed by atoms with Crippen LogP contribution in [0.1, 0.15) is 15.9 Å². The first kappa shape index (κ1) is 15.9. The molecule has 0 saturated heterocycles. The Balaban J connectivity index is 1.49. The number of hydrogen-bond acceptors (Lipinski definition) is 4. The summed E-state index contributed by atoms with van der Waals surface area (Å²) in [6.07, 6.45) is 1.80. The molecule has 0 saturated carbocycles. The van der Waals surface area contributed by atoms with Crippen LogP contribution in [0.25, 0.3) is 0 Å². The van der Waals surface area contributed by atoms with Crippen molar-refractivity contribution in [2.24, 2.45) is 0 Å². The van der Waals surface area contributed by atoms with E-state index in [0.29, 0.717) is 17.9 Å². The SMILES string of the molecule is O=C(CNC(=O)c1ccsc1)Nc1ccn(Cc2ccccc2)n1. The summed E-state index contributed by atoms with van der Waals surface area (Å²) < 4.78 is 1.74. The van der Waals surface area contributed by atoms with Crippen LogP contribution in [0.2, 0.25) is 0 Å². The van der Waals surface area contributed by atoms with E-state index in [4.69, 9.17) is 0 Å². The van der Waals surface area contributed by atoms with Crippen LogP contribution < -0.4 is 10.6 Å². The van der Waals surface area contributed by atoms with Gasteiger partial charge in [0.05, 0.1) is 13.1 Å². The predicted octanol–water partition coefficient (Wildman–Crippen LogP) is 2.36. The summed E-state index contributed by atoms with van der Waals surface area (Å²) in [6, 6.07) is 13.4. The lowest BCUT2D eigenvalue weighted by molar-refractivity contribution is -0.115. The van der Waals surface area contributed by atoms with E-state index in [1.165, 1.54) is 11.3 Å². The van der Waals surface area contributed by atoms with E-state index in [-0.39, 0.29) is 18.4 Å². The summed E-state index contributed by atoms with van der Waals surface area (Å²) in [5.41, 5.74) is 1.68. The van der Waals surface area contributed by atoms with Gasteiger partial charge in [0.25, 0.3) is 5.91 Å². The summed E-state index contributed by atoms with van der Waals surface area (Å²) in [6.45, 7) is 0.534. The van der Waals surface area contributed by atoms with Crippen LogP contribution in [0.4, 0.5) is 5.82 Å². The molecule has 0 aliphatic rings. The fourth-order valence-electron chi connectivity index (χ4n) is 2.13. The highest BCUT2D eigenvalue weighted by molar-refractivity contribution is 7.08. The van der Waals surface area contributed by atoms with Crippen molar-refractivity contribution in [3.05, 3.63) is 70.5 Å². The van der Waals surface area contributed by atoms with Crippen molar-refractivity contribution < 1.29 is 9.59 Å². The first-order chi connectivity index (χ1) is 11.7. The van der Waals surface area contributed by atoms with Crippen molar-refractivity contribution >= 4 is 29.0 Å². The van der Waals surface area contributed by atoms with Gasteiger partial charge in [-0.05, 0) is 17.0 Å². The summed E-state index contributed by atoms with van der Waals surface area (Å²) in [5.74, 6) is -0.120. The number of carbonyl (C=O) groups is 2. The molecular formula is C17H16N4O2S. The topological polar surface area (TPSA) is 76.0 Å². The Morgan fingerprint density at radius 1 is 1.12 bits per heavy atom. The molecule has 0 atom stereocenters. The molecule has 0 aliphatic heterocycles. The Labute approximate surface area is 143 Å². The highest BCUT2D eigenvalue weighted by atomic mass is 32.1. The van der Waals surface area contributed by atoms with Crippen LogP contribution in [0, 0.1) is 0 Å². The third kappa shape index (κ3) is 4.30. The summed E-state index contributed by atoms with van der Waals surface area (Å²) >= 11 is 1.43. The zero-order chi connectivity index (χ0) is 16.8. The number of hydrogen-bond donors (Lipinski definition) is 2. The fraction of sp³-hybridized carbons (Fsp3) is 0.118. The van der Waals surface area contributed by atoms with Gasteiger partial charge in [-0.1, -0.05) is 30.3 Å². The quantitative estimate of drug-likeness (QED) is 0.723. The lowest BCUT2D eigenvalue weighted by atomic mass is 10.2. The predicted molar refractivity (Wildman–Crippen MR) is 93.1 cm³/mol. The van der Waals surface area contributed by atoms with Crippen LogP contribution in [-0.2, 0) is 11.3 Å². The van der Waals surface area contributed by atoms with E-state index in [2.05, 4.69) is 15.7 Å². The smallest absolute Gasteiger partial charge is 0.252 e. The standard InChI is InChI=1S/C17H16N4O2S/c22-16(10-18-17(23)14-7-9-24-12-14)19-15-6-8-21(20-15)11-13-4-2-1-3-5-13/h1-9,12H,10-11H2,(H,18,23)(H,19,20,22). The molecule has 3 aromatic rings. The number of amides is 2. The third-order valence-corrected chi connectivity index (χ3v) is 3.97. The first-order valence-electron chi connectivity index (χ1n) is 7.38. The number of benzene rings is 1. The molecule has 0 fully saturated rings. The minimum absolute atomic E-state index is 0.0970. The molecule has 0 unspecified atom stereocenters. The Kier molecular flexibility index (Phi) is 5.02. The maximum atomic E-state index is 11.9. The largest absolute Gasteiger partial charge is 0.343 e. The number of nitrogens with zero attached hydrogens (tertiary/aromatic N) is 2. The zero-order valence-corrected chi connectivity index (χ0v) is 13.6. The van der Waals surface area contributed by atoms with Crippen LogP contribution >= 0.6 is 11.3 Å². The zero-order valence-electron chi connectivity index (χ0n) is 12.8. The molecule has 0 spiro atoms. The highest BCUT2D eigenvalue weighted by Gasteiger charge is 2.09. The molecular weight excluding hydrogens is 324 g/mol. The summed E-state index contributed by atoms with van der Waals surface area (Å²) in [5, 5.41) is 13.1. The van der Waals surface area contributed by atoms with E-state index in [1.54, 1.807) is 28.4 Å². The normalized spacial score (nSPS) is 10.3. The second kappa shape index (κ2) is 7.56. The molecule has 3 rings (SSSR count). The van der Waals surface area contributed by atoms with Gasteiger partial charge in [0.2, 0.25) is 5.91 Å². The van der Waals surface area contributed by atoms with Crippen molar-refractivity contribution in [3.63, 3.8) is 0 Å². The highest BCUT2D eigenvalue weighted by Crippen LogP contribution is 2.07. The number of carbonyl (C=O) groups excluding carboxylic acids is 2. The third-order valence-electron chi connectivity index (χ3n) is 3.29. The maximum absolute atomic E-state index is 11.9. The van der Waals surface area contributed by atoms with Crippen molar-refractivity contribution in [1.82, 2.24) is 15.1 Å². The van der Waals surface area contributed by atoms with E-state index >= 15 is 0 Å². The first-order valence-corrected chi connectivity index (χ1v) is 8.32. The van der Waals surface area contributed by atoms with Crippen LogP contribution in [0.5, 0.6) is 0 Å². The number of anilines is 1. The second-order valence-electron chi connectivity index (χ2n) is 5.13. The van der Waals surface area contributed by atoms with Gasteiger partial charge in [0.1, 0.15) is 0 Å². The Hall–Kier alpha value is -2.93. The van der Waals surface area contributed by atoms with Gasteiger partial charge in [-0.3, -0.25) is 14.3 Å². The monoisotopic (exact) mass is 340 g/mol. The van der Waals surface area contributed by atoms with Crippen LogP contribution in [0.3, 0.4) is 0 Å². The van der Waals surface area contributed by atoms with Gasteiger partial charge in [0.15, 0.2) is 5.82 Å². The van der Waals surface area contributed by atoms with Gasteiger partial charge in [-0.15, -0.1) is 0 Å². The number of rotatable bonds is 6. The molecule has 6 nitrogen and oxygen atoms in total.